The van der Waals surface area contributed by atoms with E-state index in [1.165, 1.54) is 0 Å². The number of hydrogen-bond acceptors (Lipinski definition) is 5. The number of ketones is 1. The average molecular weight is 423 g/mol. The van der Waals surface area contributed by atoms with Crippen LogP contribution in [0.3, 0.4) is 0 Å². The Balaban J connectivity index is 1.62. The van der Waals surface area contributed by atoms with Crippen LogP contribution < -0.4 is 14.2 Å². The van der Waals surface area contributed by atoms with Crippen molar-refractivity contribution >= 4 is 11.9 Å². The number of allylic oxidation sites excluding steroid dienone is 2. The minimum atomic E-state index is -0.198. The van der Waals surface area contributed by atoms with Gasteiger partial charge in [-0.3, -0.25) is 4.79 Å². The van der Waals surface area contributed by atoms with Gasteiger partial charge in [-0.05, 0) is 80.8 Å². The van der Waals surface area contributed by atoms with E-state index in [9.17, 15) is 4.79 Å². The van der Waals surface area contributed by atoms with Gasteiger partial charge >= 0.3 is 0 Å². The molecule has 1 aliphatic rings. The van der Waals surface area contributed by atoms with E-state index in [0.29, 0.717) is 23.7 Å². The molecule has 0 spiro atoms. The topological polar surface area (TPSA) is 54.0 Å². The molecule has 0 aromatic heterocycles. The van der Waals surface area contributed by atoms with Gasteiger partial charge in [0.25, 0.3) is 0 Å². The second kappa shape index (κ2) is 11.4. The molecular weight excluding hydrogens is 392 g/mol. The zero-order valence-corrected chi connectivity index (χ0v) is 18.4. The Labute approximate surface area is 184 Å². The van der Waals surface area contributed by atoms with Crippen molar-refractivity contribution in [1.82, 2.24) is 0 Å². The maximum absolute atomic E-state index is 12.6. The van der Waals surface area contributed by atoms with Gasteiger partial charge in [0.2, 0.25) is 0 Å². The maximum atomic E-state index is 12.6. The summed E-state index contributed by atoms with van der Waals surface area (Å²) in [6, 6.07) is 12.7. The Morgan fingerprint density at radius 1 is 1.13 bits per heavy atom. The Morgan fingerprint density at radius 3 is 2.58 bits per heavy atom. The number of rotatable bonds is 9. The van der Waals surface area contributed by atoms with Gasteiger partial charge < -0.3 is 18.9 Å². The number of carbonyl (C=O) groups is 1. The molecule has 1 aliphatic heterocycles. The summed E-state index contributed by atoms with van der Waals surface area (Å²) in [5.41, 5.74) is 2.55. The van der Waals surface area contributed by atoms with Crippen LogP contribution in [0.5, 0.6) is 17.2 Å². The van der Waals surface area contributed by atoms with Crippen molar-refractivity contribution in [1.29, 1.82) is 0 Å². The molecule has 1 saturated heterocycles. The summed E-state index contributed by atoms with van der Waals surface area (Å²) in [6.07, 6.45) is 8.20. The van der Waals surface area contributed by atoms with E-state index < -0.39 is 0 Å². The molecule has 3 rings (SSSR count). The molecule has 0 N–H and O–H groups in total. The normalized spacial score (nSPS) is 16.9. The predicted molar refractivity (Wildman–Crippen MR) is 122 cm³/mol. The van der Waals surface area contributed by atoms with Crippen LogP contribution in [0, 0.1) is 0 Å². The molecule has 0 radical (unpaired) electrons. The van der Waals surface area contributed by atoms with Crippen LogP contribution >= 0.6 is 0 Å². The molecule has 2 aromatic rings. The fourth-order valence-electron chi connectivity index (χ4n) is 3.11. The molecule has 0 aliphatic carbocycles. The Hall–Kier alpha value is -3.05. The minimum Gasteiger partial charge on any atom is -0.496 e. The number of carbonyl (C=O) groups excluding carboxylic acids is 1. The molecule has 5 heteroatoms. The highest BCUT2D eigenvalue weighted by Crippen LogP contribution is 2.26. The van der Waals surface area contributed by atoms with Crippen molar-refractivity contribution in [2.24, 2.45) is 0 Å². The Bertz CT molecular complexity index is 921. The lowest BCUT2D eigenvalue weighted by Gasteiger charge is -2.23. The summed E-state index contributed by atoms with van der Waals surface area (Å²) in [7, 11) is 1.60. The van der Waals surface area contributed by atoms with E-state index in [1.807, 2.05) is 38.1 Å². The van der Waals surface area contributed by atoms with Gasteiger partial charge in [0, 0.05) is 23.6 Å². The molecule has 1 fully saturated rings. The van der Waals surface area contributed by atoms with Crippen molar-refractivity contribution in [3.05, 3.63) is 71.3 Å². The molecule has 1 atom stereocenters. The quantitative estimate of drug-likeness (QED) is 0.289. The van der Waals surface area contributed by atoms with Crippen LogP contribution in [0.1, 0.15) is 49.0 Å². The largest absolute Gasteiger partial charge is 0.496 e. The average Bonchev–Trinajstić information content (AvgIpc) is 2.82. The zero-order chi connectivity index (χ0) is 22.1. The standard InChI is InChI=1S/C26H30O5/c1-4-19(2)18-30-23-14-10-21(25(17-23)28-3)11-15-24(27)20-8-12-22(13-9-20)31-26-7-5-6-16-29-26/h4,8-15,17,26H,5-7,16,18H2,1-3H3/b15-11+,19-4?. The third-order valence-corrected chi connectivity index (χ3v) is 5.12. The van der Waals surface area contributed by atoms with Crippen LogP contribution in [0.25, 0.3) is 6.08 Å². The van der Waals surface area contributed by atoms with Crippen molar-refractivity contribution in [3.63, 3.8) is 0 Å². The van der Waals surface area contributed by atoms with E-state index >= 15 is 0 Å². The van der Waals surface area contributed by atoms with Gasteiger partial charge in [0.1, 0.15) is 23.9 Å². The van der Waals surface area contributed by atoms with Crippen molar-refractivity contribution in [3.8, 4) is 17.2 Å². The molecule has 0 amide bonds. The predicted octanol–water partition coefficient (Wildman–Crippen LogP) is 5.84. The zero-order valence-electron chi connectivity index (χ0n) is 18.4. The SMILES string of the molecule is CC=C(C)COc1ccc(/C=C/C(=O)c2ccc(OC3CCCCO3)cc2)c(OC)c1. The van der Waals surface area contributed by atoms with Crippen LogP contribution in [0.4, 0.5) is 0 Å². The van der Waals surface area contributed by atoms with E-state index in [2.05, 4.69) is 0 Å². The first-order valence-electron chi connectivity index (χ1n) is 10.6. The number of ether oxygens (including phenoxy) is 4. The van der Waals surface area contributed by atoms with Crippen molar-refractivity contribution in [2.45, 2.75) is 39.4 Å². The first-order chi connectivity index (χ1) is 15.1. The second-order valence-corrected chi connectivity index (χ2v) is 7.46. The molecular formula is C26H30O5. The Morgan fingerprint density at radius 2 is 1.90 bits per heavy atom. The summed E-state index contributed by atoms with van der Waals surface area (Å²) >= 11 is 0. The minimum absolute atomic E-state index is 0.0912. The summed E-state index contributed by atoms with van der Waals surface area (Å²) in [4.78, 5) is 12.6. The van der Waals surface area contributed by atoms with Crippen LogP contribution in [-0.4, -0.2) is 32.4 Å². The van der Waals surface area contributed by atoms with Gasteiger partial charge in [-0.15, -0.1) is 0 Å². The summed E-state index contributed by atoms with van der Waals surface area (Å²) in [5, 5.41) is 0. The van der Waals surface area contributed by atoms with E-state index in [4.69, 9.17) is 18.9 Å². The number of methoxy groups -OCH3 is 1. The first kappa shape index (κ1) is 22.6. The number of benzene rings is 2. The van der Waals surface area contributed by atoms with Gasteiger partial charge in [-0.25, -0.2) is 0 Å². The molecule has 0 bridgehead atoms. The fraction of sp³-hybridized carbons (Fsp3) is 0.346. The molecule has 164 valence electrons. The highest BCUT2D eigenvalue weighted by atomic mass is 16.7. The summed E-state index contributed by atoms with van der Waals surface area (Å²) in [5.74, 6) is 1.99. The molecule has 31 heavy (non-hydrogen) atoms. The lowest BCUT2D eigenvalue weighted by atomic mass is 10.1. The van der Waals surface area contributed by atoms with Crippen molar-refractivity contribution < 1.29 is 23.7 Å². The van der Waals surface area contributed by atoms with Crippen LogP contribution in [0.15, 0.2) is 60.2 Å². The summed E-state index contributed by atoms with van der Waals surface area (Å²) < 4.78 is 22.6. The van der Waals surface area contributed by atoms with Crippen LogP contribution in [-0.2, 0) is 4.74 Å². The van der Waals surface area contributed by atoms with Gasteiger partial charge in [0.05, 0.1) is 13.7 Å². The Kier molecular flexibility index (Phi) is 8.30. The van der Waals surface area contributed by atoms with Crippen LogP contribution in [0.2, 0.25) is 0 Å². The fourth-order valence-corrected chi connectivity index (χ4v) is 3.11. The molecule has 5 nitrogen and oxygen atoms in total. The first-order valence-corrected chi connectivity index (χ1v) is 10.6. The second-order valence-electron chi connectivity index (χ2n) is 7.46. The van der Waals surface area contributed by atoms with Gasteiger partial charge in [-0.2, -0.15) is 0 Å². The van der Waals surface area contributed by atoms with Crippen molar-refractivity contribution in [2.75, 3.05) is 20.3 Å². The lowest BCUT2D eigenvalue weighted by Crippen LogP contribution is -2.24. The highest BCUT2D eigenvalue weighted by Gasteiger charge is 2.15. The van der Waals surface area contributed by atoms with E-state index in [0.717, 1.165) is 42.8 Å². The third-order valence-electron chi connectivity index (χ3n) is 5.12. The highest BCUT2D eigenvalue weighted by molar-refractivity contribution is 6.07. The smallest absolute Gasteiger partial charge is 0.199 e. The third kappa shape index (κ3) is 6.72. The van der Waals surface area contributed by atoms with Gasteiger partial charge in [0.15, 0.2) is 12.1 Å². The molecule has 1 heterocycles. The number of hydrogen-bond donors (Lipinski definition) is 0. The molecule has 0 saturated carbocycles. The molecule has 1 unspecified atom stereocenters. The monoisotopic (exact) mass is 422 g/mol. The lowest BCUT2D eigenvalue weighted by molar-refractivity contribution is -0.105. The summed E-state index contributed by atoms with van der Waals surface area (Å²) in [6.45, 7) is 5.26. The van der Waals surface area contributed by atoms with E-state index in [-0.39, 0.29) is 12.1 Å². The maximum Gasteiger partial charge on any atom is 0.199 e. The van der Waals surface area contributed by atoms with Gasteiger partial charge in [-0.1, -0.05) is 6.08 Å². The molecule has 2 aromatic carbocycles. The van der Waals surface area contributed by atoms with E-state index in [1.54, 1.807) is 43.5 Å².